The minimum Gasteiger partial charge on any atom is -0.477 e. The number of aromatic nitrogens is 6. The number of rotatable bonds is 44. The van der Waals surface area contributed by atoms with Crippen molar-refractivity contribution in [2.24, 2.45) is 71.0 Å². The van der Waals surface area contributed by atoms with Gasteiger partial charge in [0.2, 0.25) is 11.8 Å². The second-order valence-corrected chi connectivity index (χ2v) is 40.2. The summed E-state index contributed by atoms with van der Waals surface area (Å²) in [5, 5.41) is 9.56. The van der Waals surface area contributed by atoms with Crippen LogP contribution >= 0.6 is 0 Å². The standard InChI is InChI=1S/C12H19NO2.C12H17NO.C11H18N2O2.C11H16N2O.C11H17NO2.C10H15N3O.C10H15NO3.C10H17NO.2C9H17NO.C6H10O2.C6H10O/c1-10(2)11(14)6-5-9-13-8-4-3-7-12(13)15;1-10(2)12(14)7-5-9-13-8-4-6-11(13)3;1-9(2)11(14)5-4-6-13-7-8-15-10(3)12-13;1-9(2)11(14)5-4-6-13-8-12-7-10(13)3;1-9(2)10(13)5-3-7-12-8-4-6-11(12)14;1-8(2)10(14)5-4-6-13-9(3)7-11-12-13;1-8(2)9(12)4-3-5-11-7-14-6-10(11)13;1-9(2)10(12)5-3-6-11-7-4-8-11;2*1-8(2)9(11)6-5-7-10(3)4;1-4(2)6(7)5-3-8-5;1-4-6(7)5(2)3/h5-6,10H,3-4,7-9H2,1-2H3;4-8,10H,9H2,1-3H3;4-5,9,12H,3,6-8H2,1-2H3;4-5,7-9H,6H2,1-3H3;3,5,9H,4,6-8H2,1-2H3;4-5,7-8H,6H2,1-3H3;3-4,8H,5-7H2,1-2H3;3,5,9H,4,6-8H2,1-2H3;2*5-6,8H,7H2,1-4H3;4-5H,3H2,1-2H3;4-5H,1H2,2-3H3/b6-5+;7-5+;2*5-4+;5-3+;5-4+;4-3+;5-3+;2*6-5+;;/i;;;;;;;;3D3;;;. The van der Waals surface area contributed by atoms with Gasteiger partial charge in [0, 0.05) is 184 Å². The molecule has 1 N–H and O–H groups in total. The molecular formula is C117H188N14O18. The molecule has 6 fully saturated rings. The maximum absolute atomic E-state index is 11.4. The van der Waals surface area contributed by atoms with Crippen LogP contribution in [0.2, 0.25) is 0 Å². The lowest BCUT2D eigenvalue weighted by Gasteiger charge is -2.29. The lowest BCUT2D eigenvalue weighted by atomic mass is 10.1. The van der Waals surface area contributed by atoms with Gasteiger partial charge >= 0.3 is 0 Å². The first-order valence-electron chi connectivity index (χ1n) is 53.8. The van der Waals surface area contributed by atoms with Crippen molar-refractivity contribution >= 4 is 87.1 Å². The van der Waals surface area contributed by atoms with Crippen LogP contribution in [-0.2, 0) is 106 Å². The Labute approximate surface area is 897 Å². The van der Waals surface area contributed by atoms with Gasteiger partial charge in [0.05, 0.1) is 37.9 Å². The van der Waals surface area contributed by atoms with Crippen molar-refractivity contribution in [1.82, 2.24) is 68.9 Å². The summed E-state index contributed by atoms with van der Waals surface area (Å²) in [5.41, 5.74) is 6.28. The molecule has 834 valence electrons. The molecule has 3 aromatic rings. The second kappa shape index (κ2) is 83.1. The van der Waals surface area contributed by atoms with E-state index in [1.807, 2.05) is 248 Å². The Morgan fingerprint density at radius 1 is 0.423 bits per heavy atom. The lowest BCUT2D eigenvalue weighted by molar-refractivity contribution is -0.133. The smallest absolute Gasteiger partial charge is 0.250 e. The van der Waals surface area contributed by atoms with E-state index in [4.69, 9.17) is 18.3 Å². The van der Waals surface area contributed by atoms with Crippen molar-refractivity contribution in [3.8, 4) is 0 Å². The number of ketones is 12. The topological polar surface area (TPSA) is 375 Å². The molecule has 0 radical (unpaired) electrons. The van der Waals surface area contributed by atoms with Crippen LogP contribution in [-0.4, -0.2) is 290 Å². The molecule has 3 amide bonds. The van der Waals surface area contributed by atoms with Gasteiger partial charge in [-0.05, 0) is 173 Å². The van der Waals surface area contributed by atoms with Crippen LogP contribution in [0.25, 0.3) is 0 Å². The molecule has 0 bridgehead atoms. The molecule has 0 aliphatic carbocycles. The number of hydrogen-bond acceptors (Lipinski definition) is 26. The maximum Gasteiger partial charge on any atom is 0.250 e. The van der Waals surface area contributed by atoms with Gasteiger partial charge in [0.25, 0.3) is 5.91 Å². The van der Waals surface area contributed by atoms with Gasteiger partial charge in [-0.25, -0.2) is 14.7 Å². The highest BCUT2D eigenvalue weighted by atomic mass is 16.6. The van der Waals surface area contributed by atoms with Crippen molar-refractivity contribution in [3.63, 3.8) is 0 Å². The Morgan fingerprint density at radius 2 is 0.799 bits per heavy atom. The highest BCUT2D eigenvalue weighted by molar-refractivity contribution is 5.96. The largest absolute Gasteiger partial charge is 0.477 e. The molecule has 9 heterocycles. The lowest BCUT2D eigenvalue weighted by Crippen LogP contribution is -2.44. The molecule has 3 aromatic heterocycles. The van der Waals surface area contributed by atoms with Crippen molar-refractivity contribution in [2.45, 2.75) is 251 Å². The zero-order valence-electron chi connectivity index (χ0n) is 98.8. The van der Waals surface area contributed by atoms with Gasteiger partial charge in [-0.1, -0.05) is 239 Å². The van der Waals surface area contributed by atoms with E-state index in [2.05, 4.69) is 56.3 Å². The fourth-order valence-electron chi connectivity index (χ4n) is 11.3. The number of Topliss-reactive ketones (excluding diaryl/α,β-unsaturated/α-hetero) is 1. The SMILES string of the molecule is C=C1NN(C/C=C/C(=O)C(C)C)CCO1.C=CC(=O)C(C)C.CC(C)C(=O)/C=C/CN(C)C.CC(C)C(=O)/C=C/CN1CCC1.CC(C)C(=O)/C=C/CN1CCCC1=O.CC(C)C(=O)/C=C/CN1CCCCC1=O.CC(C)C(=O)/C=C/CN1COCC1=O.CC(C)C(=O)C1CO1.Cc1cccn1C/C=C/C(=O)C(C)C.Cc1cncn1C/C=C/C(=O)C(C)C.Cc1cnnn1C/C=C/C(=O)C(C)C.[2H]C([2H])([2H])N(C)C/C=C/C(=O)C(C)C. The summed E-state index contributed by atoms with van der Waals surface area (Å²) in [6.45, 7) is 69.0. The number of likely N-dealkylation sites (tertiary alicyclic amines) is 3. The Hall–Kier alpha value is -11.7. The van der Waals surface area contributed by atoms with Crippen molar-refractivity contribution in [2.75, 3.05) is 133 Å². The third kappa shape index (κ3) is 74.0. The fourth-order valence-corrected chi connectivity index (χ4v) is 11.3. The molecule has 9 rings (SSSR count). The summed E-state index contributed by atoms with van der Waals surface area (Å²) in [6.07, 6.45) is 48.5. The van der Waals surface area contributed by atoms with Crippen molar-refractivity contribution < 1.29 is 90.2 Å². The van der Waals surface area contributed by atoms with Crippen LogP contribution in [0.1, 0.15) is 226 Å². The molecule has 149 heavy (non-hydrogen) atoms. The summed E-state index contributed by atoms with van der Waals surface area (Å²) in [6, 6.07) is 4.06. The maximum atomic E-state index is 11.4. The van der Waals surface area contributed by atoms with E-state index >= 15 is 0 Å². The second-order valence-electron chi connectivity index (χ2n) is 40.2. The first kappa shape index (κ1) is 135. The predicted molar refractivity (Wildman–Crippen MR) is 597 cm³/mol. The zero-order chi connectivity index (χ0) is 116. The molecule has 0 spiro atoms. The number of amides is 3. The predicted octanol–water partition coefficient (Wildman–Crippen LogP) is 16.9. The average Bonchev–Trinajstić information content (AvgIpc) is 1.70. The number of piperidine rings is 1. The van der Waals surface area contributed by atoms with E-state index < -0.39 is 6.98 Å². The molecule has 6 aliphatic heterocycles. The van der Waals surface area contributed by atoms with Crippen LogP contribution in [0, 0.1) is 91.8 Å². The highest BCUT2D eigenvalue weighted by Gasteiger charge is 2.32. The number of nitrogens with one attached hydrogen (secondary N) is 1. The summed E-state index contributed by atoms with van der Waals surface area (Å²) in [7, 11) is 5.45. The number of hydrazine groups is 1. The quantitative estimate of drug-likeness (QED) is 0.0406. The number of hydrogen-bond donors (Lipinski definition) is 1. The van der Waals surface area contributed by atoms with Crippen LogP contribution in [0.3, 0.4) is 0 Å². The summed E-state index contributed by atoms with van der Waals surface area (Å²) in [4.78, 5) is 181. The van der Waals surface area contributed by atoms with Gasteiger partial charge in [0.15, 0.2) is 75.3 Å². The summed E-state index contributed by atoms with van der Waals surface area (Å²) in [5.74, 6) is 3.59. The number of allylic oxidation sites excluding steroid dienone is 14. The molecular weight excluding hydrogens is 1890 g/mol. The van der Waals surface area contributed by atoms with E-state index in [1.165, 1.54) is 55.4 Å². The minimum atomic E-state index is -2.09. The van der Waals surface area contributed by atoms with Gasteiger partial charge in [-0.2, -0.15) is 0 Å². The van der Waals surface area contributed by atoms with Gasteiger partial charge in [0.1, 0.15) is 26.0 Å². The number of nitrogens with zero attached hydrogens (tertiary/aromatic N) is 13. The van der Waals surface area contributed by atoms with E-state index in [0.29, 0.717) is 77.9 Å². The van der Waals surface area contributed by atoms with E-state index in [9.17, 15) is 71.9 Å². The Bertz CT molecular complexity index is 4720. The Balaban J connectivity index is -0.00000160. The number of aryl methyl sites for hydroxylation is 3. The van der Waals surface area contributed by atoms with Crippen LogP contribution < -0.4 is 5.43 Å². The van der Waals surface area contributed by atoms with Crippen LogP contribution in [0.4, 0.5) is 0 Å². The third-order valence-corrected chi connectivity index (χ3v) is 22.0. The number of carbonyl (C=O) groups is 15. The summed E-state index contributed by atoms with van der Waals surface area (Å²) >= 11 is 0. The first-order chi connectivity index (χ1) is 71.1. The van der Waals surface area contributed by atoms with Crippen LogP contribution in [0.15, 0.2) is 184 Å². The number of imidazole rings is 1. The first-order valence-corrected chi connectivity index (χ1v) is 52.3. The Morgan fingerprint density at radius 3 is 1.10 bits per heavy atom. The van der Waals surface area contributed by atoms with Crippen molar-refractivity contribution in [3.05, 3.63) is 201 Å². The third-order valence-electron chi connectivity index (χ3n) is 22.0. The molecule has 6 saturated heterocycles. The fraction of sp³-hybridized carbons (Fsp3) is 0.590. The summed E-state index contributed by atoms with van der Waals surface area (Å²) < 4.78 is 41.8. The van der Waals surface area contributed by atoms with Crippen molar-refractivity contribution in [1.29, 1.82) is 0 Å². The molecule has 1 atom stereocenters. The normalized spacial score (nSPS) is 15.5. The molecule has 0 aromatic carbocycles. The number of epoxide rings is 1. The number of carbonyl (C=O) groups excluding carboxylic acids is 15. The molecule has 1 unspecified atom stereocenters. The van der Waals surface area contributed by atoms with E-state index in [-0.39, 0.29) is 177 Å². The monoisotopic (exact) mass is 2080 g/mol. The molecule has 6 aliphatic rings. The minimum absolute atomic E-state index is 0.0109. The number of likely N-dealkylation sites (N-methyl/N-ethyl adjacent to an activating group) is 2. The molecule has 32 nitrogen and oxygen atoms in total. The van der Waals surface area contributed by atoms with Gasteiger partial charge in [-0.15, -0.1) is 5.10 Å². The van der Waals surface area contributed by atoms with Crippen LogP contribution in [0.5, 0.6) is 0 Å². The number of ether oxygens (including phenoxy) is 3. The average molecular weight is 2080 g/mol. The Kier molecular flexibility index (Phi) is 75.5. The molecule has 0 saturated carbocycles. The van der Waals surface area contributed by atoms with Gasteiger partial charge < -0.3 is 47.8 Å². The zero-order valence-corrected chi connectivity index (χ0v) is 95.8. The van der Waals surface area contributed by atoms with E-state index in [1.54, 1.807) is 120 Å². The van der Waals surface area contributed by atoms with E-state index in [0.717, 1.165) is 69.9 Å². The van der Waals surface area contributed by atoms with Gasteiger partial charge in [-0.3, -0.25) is 82.2 Å². The highest BCUT2D eigenvalue weighted by Crippen LogP contribution is 2.17. The molecule has 32 heteroatoms.